The number of aryl methyl sites for hydroxylation is 1. The molecule has 1 unspecified atom stereocenters. The van der Waals surface area contributed by atoms with Crippen LogP contribution in [-0.2, 0) is 17.6 Å². The Bertz CT molecular complexity index is 426. The summed E-state index contributed by atoms with van der Waals surface area (Å²) in [6.45, 7) is 2.09. The molecule has 98 valence electrons. The van der Waals surface area contributed by atoms with E-state index < -0.39 is 5.97 Å². The van der Waals surface area contributed by atoms with Gasteiger partial charge in [0.1, 0.15) is 11.9 Å². The Morgan fingerprint density at radius 1 is 1.39 bits per heavy atom. The van der Waals surface area contributed by atoms with Crippen LogP contribution in [0.25, 0.3) is 0 Å². The van der Waals surface area contributed by atoms with Gasteiger partial charge in [0.15, 0.2) is 0 Å². The summed E-state index contributed by atoms with van der Waals surface area (Å²) >= 11 is 0. The molecule has 0 bridgehead atoms. The first-order valence-electron chi connectivity index (χ1n) is 6.65. The third kappa shape index (κ3) is 3.49. The van der Waals surface area contributed by atoms with E-state index in [0.29, 0.717) is 6.10 Å². The van der Waals surface area contributed by atoms with Crippen LogP contribution < -0.4 is 4.74 Å². The van der Waals surface area contributed by atoms with Gasteiger partial charge in [0.05, 0.1) is 0 Å². The van der Waals surface area contributed by atoms with Crippen molar-refractivity contribution in [2.24, 2.45) is 0 Å². The van der Waals surface area contributed by atoms with Gasteiger partial charge in [0.2, 0.25) is 0 Å². The Labute approximate surface area is 108 Å². The van der Waals surface area contributed by atoms with Crippen LogP contribution in [0.15, 0.2) is 18.2 Å². The van der Waals surface area contributed by atoms with Crippen LogP contribution in [0.4, 0.5) is 0 Å². The zero-order chi connectivity index (χ0) is 13.0. The van der Waals surface area contributed by atoms with Crippen LogP contribution in [0.2, 0.25) is 0 Å². The number of benzene rings is 1. The summed E-state index contributed by atoms with van der Waals surface area (Å²) in [6.07, 6.45) is 5.43. The molecule has 1 aliphatic rings. The van der Waals surface area contributed by atoms with Crippen molar-refractivity contribution in [2.45, 2.75) is 51.6 Å². The predicted molar refractivity (Wildman–Crippen MR) is 70.0 cm³/mol. The highest BCUT2D eigenvalue weighted by Gasteiger charge is 2.18. The predicted octanol–water partition coefficient (Wildman–Crippen LogP) is 3.20. The second kappa shape index (κ2) is 5.89. The van der Waals surface area contributed by atoms with E-state index in [9.17, 15) is 4.79 Å². The van der Waals surface area contributed by atoms with Gasteiger partial charge in [-0.25, -0.2) is 0 Å². The highest BCUT2D eigenvalue weighted by atomic mass is 16.5. The van der Waals surface area contributed by atoms with Crippen molar-refractivity contribution in [3.63, 3.8) is 0 Å². The van der Waals surface area contributed by atoms with Crippen molar-refractivity contribution in [3.8, 4) is 5.75 Å². The molecule has 1 aromatic carbocycles. The van der Waals surface area contributed by atoms with E-state index in [2.05, 4.69) is 25.1 Å². The van der Waals surface area contributed by atoms with E-state index in [1.54, 1.807) is 0 Å². The van der Waals surface area contributed by atoms with E-state index in [1.165, 1.54) is 11.1 Å². The molecule has 0 fully saturated rings. The van der Waals surface area contributed by atoms with Gasteiger partial charge in [-0.3, -0.25) is 4.79 Å². The van der Waals surface area contributed by atoms with Crippen LogP contribution in [0.3, 0.4) is 0 Å². The first kappa shape index (κ1) is 12.9. The lowest BCUT2D eigenvalue weighted by Gasteiger charge is -2.04. The molecule has 0 aliphatic carbocycles. The van der Waals surface area contributed by atoms with Crippen LogP contribution >= 0.6 is 0 Å². The maximum absolute atomic E-state index is 10.4. The van der Waals surface area contributed by atoms with Crippen molar-refractivity contribution < 1.29 is 14.6 Å². The third-order valence-corrected chi connectivity index (χ3v) is 3.32. The molecule has 3 heteroatoms. The fourth-order valence-corrected chi connectivity index (χ4v) is 2.41. The van der Waals surface area contributed by atoms with E-state index >= 15 is 0 Å². The molecule has 0 saturated carbocycles. The normalized spacial score (nSPS) is 17.3. The second-order valence-electron chi connectivity index (χ2n) is 5.03. The number of hydrogen-bond donors (Lipinski definition) is 1. The van der Waals surface area contributed by atoms with Crippen LogP contribution in [-0.4, -0.2) is 17.2 Å². The van der Waals surface area contributed by atoms with E-state index in [0.717, 1.165) is 37.9 Å². The van der Waals surface area contributed by atoms with Gasteiger partial charge < -0.3 is 9.84 Å². The molecule has 1 aliphatic heterocycles. The molecule has 0 aromatic heterocycles. The topological polar surface area (TPSA) is 46.5 Å². The van der Waals surface area contributed by atoms with Crippen molar-refractivity contribution >= 4 is 5.97 Å². The lowest BCUT2D eigenvalue weighted by atomic mass is 10.0. The number of aliphatic carboxylic acids is 1. The molecule has 0 spiro atoms. The molecule has 1 aromatic rings. The maximum Gasteiger partial charge on any atom is 0.303 e. The van der Waals surface area contributed by atoms with Gasteiger partial charge >= 0.3 is 5.97 Å². The highest BCUT2D eigenvalue weighted by molar-refractivity contribution is 5.66. The Kier molecular flexibility index (Phi) is 4.24. The summed E-state index contributed by atoms with van der Waals surface area (Å²) in [5, 5.41) is 8.55. The lowest BCUT2D eigenvalue weighted by molar-refractivity contribution is -0.137. The van der Waals surface area contributed by atoms with Gasteiger partial charge in [-0.2, -0.15) is 0 Å². The molecule has 1 atom stereocenters. The smallest absolute Gasteiger partial charge is 0.303 e. The zero-order valence-electron chi connectivity index (χ0n) is 10.8. The molecule has 2 rings (SSSR count). The number of carboxylic acid groups (broad SMARTS) is 1. The SMILES string of the molecule is CC1Cc2cc(CCCCCC(=O)O)ccc2O1. The maximum atomic E-state index is 10.4. The fraction of sp³-hybridized carbons (Fsp3) is 0.533. The van der Waals surface area contributed by atoms with E-state index in [-0.39, 0.29) is 6.42 Å². The van der Waals surface area contributed by atoms with E-state index in [1.807, 2.05) is 0 Å². The number of unbranched alkanes of at least 4 members (excludes halogenated alkanes) is 2. The summed E-state index contributed by atoms with van der Waals surface area (Å²) < 4.78 is 5.67. The van der Waals surface area contributed by atoms with Crippen molar-refractivity contribution in [1.29, 1.82) is 0 Å². The third-order valence-electron chi connectivity index (χ3n) is 3.32. The summed E-state index contributed by atoms with van der Waals surface area (Å²) in [7, 11) is 0. The van der Waals surface area contributed by atoms with Gasteiger partial charge in [-0.05, 0) is 43.4 Å². The minimum atomic E-state index is -0.696. The Morgan fingerprint density at radius 2 is 2.22 bits per heavy atom. The van der Waals surface area contributed by atoms with Crippen molar-refractivity contribution in [2.75, 3.05) is 0 Å². The van der Waals surface area contributed by atoms with E-state index in [4.69, 9.17) is 9.84 Å². The van der Waals surface area contributed by atoms with Crippen LogP contribution in [0, 0.1) is 0 Å². The summed E-state index contributed by atoms with van der Waals surface area (Å²) in [5.74, 6) is 0.329. The number of rotatable bonds is 6. The molecule has 0 saturated heterocycles. The lowest BCUT2D eigenvalue weighted by Crippen LogP contribution is -2.05. The first-order chi connectivity index (χ1) is 8.65. The number of hydrogen-bond acceptors (Lipinski definition) is 2. The summed E-state index contributed by atoms with van der Waals surface area (Å²) in [4.78, 5) is 10.4. The molecule has 0 radical (unpaired) electrons. The number of carboxylic acids is 1. The minimum Gasteiger partial charge on any atom is -0.490 e. The molecular weight excluding hydrogens is 228 g/mol. The van der Waals surface area contributed by atoms with Gasteiger partial charge in [-0.1, -0.05) is 18.6 Å². The average Bonchev–Trinajstić information content (AvgIpc) is 2.67. The largest absolute Gasteiger partial charge is 0.490 e. The number of ether oxygens (including phenoxy) is 1. The van der Waals surface area contributed by atoms with Gasteiger partial charge in [0, 0.05) is 12.8 Å². The quantitative estimate of drug-likeness (QED) is 0.786. The zero-order valence-corrected chi connectivity index (χ0v) is 10.8. The van der Waals surface area contributed by atoms with Gasteiger partial charge in [-0.15, -0.1) is 0 Å². The highest BCUT2D eigenvalue weighted by Crippen LogP contribution is 2.29. The molecule has 1 N–H and O–H groups in total. The molecule has 0 amide bonds. The first-order valence-corrected chi connectivity index (χ1v) is 6.65. The van der Waals surface area contributed by atoms with Crippen molar-refractivity contribution in [3.05, 3.63) is 29.3 Å². The van der Waals surface area contributed by atoms with Crippen LogP contribution in [0.1, 0.15) is 43.7 Å². The summed E-state index contributed by atoms with van der Waals surface area (Å²) in [5.41, 5.74) is 2.65. The monoisotopic (exact) mass is 248 g/mol. The molecule has 3 nitrogen and oxygen atoms in total. The molecular formula is C15H20O3. The van der Waals surface area contributed by atoms with Crippen LogP contribution in [0.5, 0.6) is 5.75 Å². The second-order valence-corrected chi connectivity index (χ2v) is 5.03. The summed E-state index contributed by atoms with van der Waals surface area (Å²) in [6, 6.07) is 6.41. The average molecular weight is 248 g/mol. The minimum absolute atomic E-state index is 0.287. The molecule has 18 heavy (non-hydrogen) atoms. The number of fused-ring (bicyclic) bond motifs is 1. The molecule has 1 heterocycles. The van der Waals surface area contributed by atoms with Gasteiger partial charge in [0.25, 0.3) is 0 Å². The Balaban J connectivity index is 1.77. The Hall–Kier alpha value is -1.51. The number of carbonyl (C=O) groups is 1. The Morgan fingerprint density at radius 3 is 3.00 bits per heavy atom. The standard InChI is InChI=1S/C15H20O3/c1-11-9-13-10-12(7-8-14(13)18-11)5-3-2-4-6-15(16)17/h7-8,10-11H,2-6,9H2,1H3,(H,16,17). The van der Waals surface area contributed by atoms with Crippen molar-refractivity contribution in [1.82, 2.24) is 0 Å². The fourth-order valence-electron chi connectivity index (χ4n) is 2.41.